The molecule has 0 unspecified atom stereocenters. The van der Waals surface area contributed by atoms with E-state index in [1.54, 1.807) is 0 Å². The van der Waals surface area contributed by atoms with Crippen LogP contribution in [-0.2, 0) is 10.8 Å². The fourth-order valence-corrected chi connectivity index (χ4v) is 13.6. The predicted molar refractivity (Wildman–Crippen MR) is 327 cm³/mol. The first-order valence-electron chi connectivity index (χ1n) is 27.2. The molecule has 78 heavy (non-hydrogen) atoms. The van der Waals surface area contributed by atoms with Crippen molar-refractivity contribution in [3.8, 4) is 61.3 Å². The number of rotatable bonds is 9. The van der Waals surface area contributed by atoms with Crippen molar-refractivity contribution in [1.29, 1.82) is 0 Å². The summed E-state index contributed by atoms with van der Waals surface area (Å²) in [6.07, 6.45) is 0. The Hall–Kier alpha value is -9.76. The van der Waals surface area contributed by atoms with Gasteiger partial charge in [-0.05, 0) is 144 Å². The summed E-state index contributed by atoms with van der Waals surface area (Å²) in [4.78, 5) is 2.46. The third-order valence-electron chi connectivity index (χ3n) is 17.1. The Morgan fingerprint density at radius 1 is 0.295 bits per heavy atom. The molecule has 13 aromatic rings. The van der Waals surface area contributed by atoms with E-state index >= 15 is 0 Å². The zero-order valence-electron chi connectivity index (χ0n) is 43.6. The standard InChI is InChI=1S/C76H54N2/c1-75(2)67-37-21-18-34-60(67)62-43-42-58(49-70(62)75)77(57-32-16-7-17-33-57)59-48-65(52-26-10-4-11-27-52)74-63-36-20-23-39-71(63)78(73(74)50-59)72-45-41-54(46-64(72)51-24-8-3-9-25-51)53-40-44-69-66(47-53)61-35-19-22-38-68(61)76(69,55-28-12-5-13-29-55)56-30-14-6-15-31-56/h3-50H,1-2H3. The molecule has 0 spiro atoms. The number of benzene rings is 12. The van der Waals surface area contributed by atoms with E-state index in [1.165, 1.54) is 83.1 Å². The van der Waals surface area contributed by atoms with Gasteiger partial charge in [-0.15, -0.1) is 0 Å². The molecule has 0 aliphatic heterocycles. The number of nitrogens with zero attached hydrogens (tertiary/aromatic N) is 2. The molecule has 0 fully saturated rings. The maximum Gasteiger partial charge on any atom is 0.0713 e. The van der Waals surface area contributed by atoms with Crippen LogP contribution in [0.5, 0.6) is 0 Å². The number of fused-ring (bicyclic) bond motifs is 9. The largest absolute Gasteiger partial charge is 0.310 e. The number of anilines is 3. The Morgan fingerprint density at radius 3 is 1.49 bits per heavy atom. The van der Waals surface area contributed by atoms with E-state index in [0.29, 0.717) is 0 Å². The Kier molecular flexibility index (Phi) is 10.5. The average Bonchev–Trinajstić information content (AvgIpc) is 4.26. The van der Waals surface area contributed by atoms with Crippen LogP contribution in [-0.4, -0.2) is 4.57 Å². The van der Waals surface area contributed by atoms with Crippen LogP contribution >= 0.6 is 0 Å². The van der Waals surface area contributed by atoms with Gasteiger partial charge in [-0.25, -0.2) is 0 Å². The fourth-order valence-electron chi connectivity index (χ4n) is 13.6. The maximum atomic E-state index is 2.53. The summed E-state index contributed by atoms with van der Waals surface area (Å²) in [6, 6.07) is 108. The minimum absolute atomic E-state index is 0.158. The van der Waals surface area contributed by atoms with Crippen molar-refractivity contribution in [2.45, 2.75) is 24.7 Å². The second kappa shape index (κ2) is 17.9. The molecule has 2 aliphatic carbocycles. The van der Waals surface area contributed by atoms with Crippen LogP contribution in [0.4, 0.5) is 17.1 Å². The summed E-state index contributed by atoms with van der Waals surface area (Å²) < 4.78 is 2.53. The first kappa shape index (κ1) is 45.6. The first-order chi connectivity index (χ1) is 38.5. The Morgan fingerprint density at radius 2 is 0.808 bits per heavy atom. The molecule has 1 aromatic heterocycles. The molecule has 0 saturated heterocycles. The van der Waals surface area contributed by atoms with Crippen LogP contribution in [0.2, 0.25) is 0 Å². The van der Waals surface area contributed by atoms with E-state index in [0.717, 1.165) is 50.5 Å². The second-order valence-corrected chi connectivity index (χ2v) is 21.6. The summed E-state index contributed by atoms with van der Waals surface area (Å²) in [5, 5.41) is 2.43. The molecule has 0 radical (unpaired) electrons. The lowest BCUT2D eigenvalue weighted by atomic mass is 9.67. The van der Waals surface area contributed by atoms with E-state index in [4.69, 9.17) is 0 Å². The van der Waals surface area contributed by atoms with E-state index < -0.39 is 5.41 Å². The van der Waals surface area contributed by atoms with Crippen LogP contribution in [0.1, 0.15) is 47.2 Å². The lowest BCUT2D eigenvalue weighted by Gasteiger charge is -2.33. The molecule has 0 saturated carbocycles. The molecule has 1 heterocycles. The van der Waals surface area contributed by atoms with Gasteiger partial charge in [0.15, 0.2) is 0 Å². The van der Waals surface area contributed by atoms with Gasteiger partial charge in [0.1, 0.15) is 0 Å². The summed E-state index contributed by atoms with van der Waals surface area (Å²) in [6.45, 7) is 4.74. The molecule has 15 rings (SSSR count). The molecule has 2 heteroatoms. The van der Waals surface area contributed by atoms with Gasteiger partial charge >= 0.3 is 0 Å². The quantitative estimate of drug-likeness (QED) is 0.140. The maximum absolute atomic E-state index is 2.53. The minimum atomic E-state index is -0.459. The summed E-state index contributed by atoms with van der Waals surface area (Å²) >= 11 is 0. The van der Waals surface area contributed by atoms with Gasteiger partial charge in [-0.1, -0.05) is 244 Å². The van der Waals surface area contributed by atoms with Gasteiger partial charge in [0.25, 0.3) is 0 Å². The van der Waals surface area contributed by atoms with Crippen molar-refractivity contribution in [2.24, 2.45) is 0 Å². The highest BCUT2D eigenvalue weighted by atomic mass is 15.1. The molecule has 0 N–H and O–H groups in total. The highest BCUT2D eigenvalue weighted by Crippen LogP contribution is 2.57. The third-order valence-corrected chi connectivity index (χ3v) is 17.1. The van der Waals surface area contributed by atoms with Gasteiger partial charge in [0.2, 0.25) is 0 Å². The van der Waals surface area contributed by atoms with Crippen LogP contribution in [0.25, 0.3) is 83.1 Å². The molecular formula is C76H54N2. The second-order valence-electron chi connectivity index (χ2n) is 21.6. The number of hydrogen-bond donors (Lipinski definition) is 0. The Bertz CT molecular complexity index is 4400. The fraction of sp³-hybridized carbons (Fsp3) is 0.0526. The first-order valence-corrected chi connectivity index (χ1v) is 27.2. The minimum Gasteiger partial charge on any atom is -0.310 e. The Balaban J connectivity index is 0.961. The molecule has 2 nitrogen and oxygen atoms in total. The van der Waals surface area contributed by atoms with Crippen molar-refractivity contribution in [2.75, 3.05) is 4.90 Å². The molecule has 12 aromatic carbocycles. The lowest BCUT2D eigenvalue weighted by Crippen LogP contribution is -2.28. The molecule has 0 amide bonds. The van der Waals surface area contributed by atoms with Gasteiger partial charge in [-0.2, -0.15) is 0 Å². The van der Waals surface area contributed by atoms with Crippen molar-refractivity contribution < 1.29 is 0 Å². The molecule has 0 bridgehead atoms. The molecule has 368 valence electrons. The van der Waals surface area contributed by atoms with Gasteiger partial charge in [0.05, 0.1) is 22.1 Å². The summed E-state index contributed by atoms with van der Waals surface area (Å²) in [5.41, 5.74) is 26.2. The van der Waals surface area contributed by atoms with E-state index in [9.17, 15) is 0 Å². The van der Waals surface area contributed by atoms with E-state index in [1.807, 2.05) is 0 Å². The van der Waals surface area contributed by atoms with Crippen LogP contribution in [0.3, 0.4) is 0 Å². The van der Waals surface area contributed by atoms with Crippen LogP contribution in [0, 0.1) is 0 Å². The molecule has 2 aliphatic rings. The summed E-state index contributed by atoms with van der Waals surface area (Å²) in [5.74, 6) is 0. The van der Waals surface area contributed by atoms with Crippen LogP contribution in [0.15, 0.2) is 291 Å². The monoisotopic (exact) mass is 994 g/mol. The predicted octanol–water partition coefficient (Wildman–Crippen LogP) is 19.9. The molecule has 0 atom stereocenters. The normalized spacial score (nSPS) is 13.5. The van der Waals surface area contributed by atoms with Crippen molar-refractivity contribution in [3.05, 3.63) is 325 Å². The number of aromatic nitrogens is 1. The van der Waals surface area contributed by atoms with Crippen LogP contribution < -0.4 is 4.90 Å². The Labute approximate surface area is 456 Å². The van der Waals surface area contributed by atoms with Crippen molar-refractivity contribution in [1.82, 2.24) is 4.57 Å². The zero-order chi connectivity index (χ0) is 52.0. The average molecular weight is 995 g/mol. The smallest absolute Gasteiger partial charge is 0.0713 e. The lowest BCUT2D eigenvalue weighted by molar-refractivity contribution is 0.660. The van der Waals surface area contributed by atoms with E-state index in [2.05, 4.69) is 315 Å². The SMILES string of the molecule is CC1(C)c2ccccc2-c2ccc(N(c3ccccc3)c3cc(-c4ccccc4)c4c5ccccc5n(-c5ccc(-c6ccc7c(c6)-c6ccccc6C7(c6ccccc6)c6ccccc6)cc5-c5ccccc5)c4c3)cc21. The van der Waals surface area contributed by atoms with Crippen molar-refractivity contribution in [3.63, 3.8) is 0 Å². The van der Waals surface area contributed by atoms with Gasteiger partial charge < -0.3 is 9.47 Å². The van der Waals surface area contributed by atoms with Crippen molar-refractivity contribution >= 4 is 38.9 Å². The van der Waals surface area contributed by atoms with E-state index in [-0.39, 0.29) is 5.41 Å². The topological polar surface area (TPSA) is 8.17 Å². The van der Waals surface area contributed by atoms with Gasteiger partial charge in [0, 0.05) is 38.8 Å². The number of para-hydroxylation sites is 2. The zero-order valence-corrected chi connectivity index (χ0v) is 43.6. The molecular weight excluding hydrogens is 941 g/mol. The third kappa shape index (κ3) is 6.89. The highest BCUT2D eigenvalue weighted by molar-refractivity contribution is 6.17. The highest BCUT2D eigenvalue weighted by Gasteiger charge is 2.46. The number of hydrogen-bond acceptors (Lipinski definition) is 1. The summed E-state index contributed by atoms with van der Waals surface area (Å²) in [7, 11) is 0. The van der Waals surface area contributed by atoms with Gasteiger partial charge in [-0.3, -0.25) is 0 Å².